The van der Waals surface area contributed by atoms with E-state index in [1.165, 1.54) is 7.11 Å². The highest BCUT2D eigenvalue weighted by atomic mass is 16.5. The molecule has 124 valence electrons. The zero-order valence-electron chi connectivity index (χ0n) is 14.0. The number of ether oxygens (including phenoxy) is 1. The Labute approximate surface area is 135 Å². The van der Waals surface area contributed by atoms with E-state index in [0.717, 1.165) is 16.9 Å². The standard InChI is InChI=1S/C17H23N3O3/c1-11(2)9-14(17(22)23-4)19-16(21)10-20-12(3)18-13-7-5-6-8-15(13)20/h5-8,11,14H,9-10H2,1-4H3,(H,19,21). The fourth-order valence-corrected chi connectivity index (χ4v) is 2.61. The van der Waals surface area contributed by atoms with Crippen molar-refractivity contribution in [3.8, 4) is 0 Å². The van der Waals surface area contributed by atoms with E-state index in [4.69, 9.17) is 4.74 Å². The quantitative estimate of drug-likeness (QED) is 0.828. The van der Waals surface area contributed by atoms with E-state index in [2.05, 4.69) is 10.3 Å². The van der Waals surface area contributed by atoms with Crippen molar-refractivity contribution in [1.82, 2.24) is 14.9 Å². The van der Waals surface area contributed by atoms with Crippen molar-refractivity contribution in [3.63, 3.8) is 0 Å². The third-order valence-corrected chi connectivity index (χ3v) is 3.68. The number of aromatic nitrogens is 2. The summed E-state index contributed by atoms with van der Waals surface area (Å²) in [5.74, 6) is 0.390. The second-order valence-corrected chi connectivity index (χ2v) is 6.01. The molecule has 23 heavy (non-hydrogen) atoms. The van der Waals surface area contributed by atoms with Crippen LogP contribution in [0, 0.1) is 12.8 Å². The summed E-state index contributed by atoms with van der Waals surface area (Å²) in [5.41, 5.74) is 1.75. The minimum absolute atomic E-state index is 0.123. The number of para-hydroxylation sites is 2. The highest BCUT2D eigenvalue weighted by molar-refractivity contribution is 5.85. The molecule has 2 rings (SSSR count). The van der Waals surface area contributed by atoms with Gasteiger partial charge in [-0.2, -0.15) is 0 Å². The third-order valence-electron chi connectivity index (χ3n) is 3.68. The average Bonchev–Trinajstić information content (AvgIpc) is 2.81. The molecule has 2 aromatic rings. The van der Waals surface area contributed by atoms with E-state index < -0.39 is 12.0 Å². The van der Waals surface area contributed by atoms with Crippen molar-refractivity contribution >= 4 is 22.9 Å². The number of hydrogen-bond donors (Lipinski definition) is 1. The smallest absolute Gasteiger partial charge is 0.328 e. The fraction of sp³-hybridized carbons (Fsp3) is 0.471. The van der Waals surface area contributed by atoms with Crippen molar-refractivity contribution in [2.24, 2.45) is 5.92 Å². The van der Waals surface area contributed by atoms with Crippen LogP contribution in [-0.2, 0) is 20.9 Å². The lowest BCUT2D eigenvalue weighted by Gasteiger charge is -2.18. The Morgan fingerprint density at radius 1 is 1.30 bits per heavy atom. The highest BCUT2D eigenvalue weighted by Gasteiger charge is 2.23. The molecule has 6 nitrogen and oxygen atoms in total. The summed E-state index contributed by atoms with van der Waals surface area (Å²) in [6, 6.07) is 7.03. The molecule has 1 N–H and O–H groups in total. The third kappa shape index (κ3) is 4.09. The van der Waals surface area contributed by atoms with Crippen molar-refractivity contribution in [3.05, 3.63) is 30.1 Å². The number of hydrogen-bond acceptors (Lipinski definition) is 4. The molecule has 1 aromatic heterocycles. The molecule has 0 radical (unpaired) electrons. The van der Waals surface area contributed by atoms with Crippen molar-refractivity contribution in [2.75, 3.05) is 7.11 Å². The molecule has 0 spiro atoms. The van der Waals surface area contributed by atoms with Crippen LogP contribution in [0.1, 0.15) is 26.1 Å². The molecule has 0 saturated carbocycles. The maximum absolute atomic E-state index is 12.4. The number of nitrogens with zero attached hydrogens (tertiary/aromatic N) is 2. The number of imidazole rings is 1. The van der Waals surface area contributed by atoms with E-state index in [1.54, 1.807) is 0 Å². The second kappa shape index (κ2) is 7.26. The largest absolute Gasteiger partial charge is 0.467 e. The normalized spacial score (nSPS) is 12.4. The van der Waals surface area contributed by atoms with Gasteiger partial charge in [0.2, 0.25) is 5.91 Å². The summed E-state index contributed by atoms with van der Waals surface area (Å²) in [4.78, 5) is 28.6. The van der Waals surface area contributed by atoms with E-state index in [-0.39, 0.29) is 18.4 Å². The van der Waals surface area contributed by atoms with Gasteiger partial charge in [0.05, 0.1) is 18.1 Å². The predicted octanol–water partition coefficient (Wildman–Crippen LogP) is 2.05. The molecule has 1 atom stereocenters. The first-order valence-corrected chi connectivity index (χ1v) is 7.71. The number of esters is 1. The molecule has 6 heteroatoms. The lowest BCUT2D eigenvalue weighted by atomic mass is 10.0. The minimum Gasteiger partial charge on any atom is -0.467 e. The zero-order chi connectivity index (χ0) is 17.0. The van der Waals surface area contributed by atoms with Crippen molar-refractivity contribution in [2.45, 2.75) is 39.8 Å². The predicted molar refractivity (Wildman–Crippen MR) is 87.9 cm³/mol. The number of fused-ring (bicyclic) bond motifs is 1. The number of nitrogens with one attached hydrogen (secondary N) is 1. The molecular formula is C17H23N3O3. The maximum atomic E-state index is 12.4. The van der Waals surface area contributed by atoms with Gasteiger partial charge < -0.3 is 14.6 Å². The number of rotatable bonds is 6. The Hall–Kier alpha value is -2.37. The molecule has 1 aromatic carbocycles. The van der Waals surface area contributed by atoms with Gasteiger partial charge in [0.1, 0.15) is 18.4 Å². The van der Waals surface area contributed by atoms with Gasteiger partial charge in [0, 0.05) is 0 Å². The zero-order valence-corrected chi connectivity index (χ0v) is 14.0. The van der Waals surface area contributed by atoms with Crippen LogP contribution in [0.5, 0.6) is 0 Å². The Balaban J connectivity index is 2.13. The molecule has 1 amide bonds. The first-order valence-electron chi connectivity index (χ1n) is 7.71. The Morgan fingerprint density at radius 3 is 2.65 bits per heavy atom. The van der Waals surface area contributed by atoms with Gasteiger partial charge >= 0.3 is 5.97 Å². The summed E-state index contributed by atoms with van der Waals surface area (Å²) < 4.78 is 6.61. The van der Waals surface area contributed by atoms with Gasteiger partial charge in [-0.3, -0.25) is 4.79 Å². The number of methoxy groups -OCH3 is 1. The molecule has 1 unspecified atom stereocenters. The summed E-state index contributed by atoms with van der Waals surface area (Å²) in [5, 5.41) is 2.77. The highest BCUT2D eigenvalue weighted by Crippen LogP contribution is 2.15. The van der Waals surface area contributed by atoms with Crippen molar-refractivity contribution < 1.29 is 14.3 Å². The first kappa shape index (κ1) is 17.0. The SMILES string of the molecule is COC(=O)C(CC(C)C)NC(=O)Cn1c(C)nc2ccccc21. The van der Waals surface area contributed by atoms with Crippen LogP contribution in [0.4, 0.5) is 0 Å². The van der Waals surface area contributed by atoms with Gasteiger partial charge in [0.15, 0.2) is 0 Å². The summed E-state index contributed by atoms with van der Waals surface area (Å²) in [6.07, 6.45) is 0.544. The molecular weight excluding hydrogens is 294 g/mol. The van der Waals surface area contributed by atoms with E-state index >= 15 is 0 Å². The van der Waals surface area contributed by atoms with Gasteiger partial charge in [-0.15, -0.1) is 0 Å². The average molecular weight is 317 g/mol. The molecule has 0 aliphatic rings. The van der Waals surface area contributed by atoms with Crippen LogP contribution in [0.2, 0.25) is 0 Å². The van der Waals surface area contributed by atoms with Crippen LogP contribution in [0.3, 0.4) is 0 Å². The van der Waals surface area contributed by atoms with Gasteiger partial charge in [-0.1, -0.05) is 26.0 Å². The lowest BCUT2D eigenvalue weighted by Crippen LogP contribution is -2.43. The fourth-order valence-electron chi connectivity index (χ4n) is 2.61. The number of carbonyl (C=O) groups excluding carboxylic acids is 2. The van der Waals surface area contributed by atoms with Crippen molar-refractivity contribution in [1.29, 1.82) is 0 Å². The Morgan fingerprint density at radius 2 is 2.00 bits per heavy atom. The monoisotopic (exact) mass is 317 g/mol. The second-order valence-electron chi connectivity index (χ2n) is 6.01. The number of carbonyl (C=O) groups is 2. The Bertz CT molecular complexity index is 706. The molecule has 1 heterocycles. The molecule has 0 bridgehead atoms. The molecule has 0 fully saturated rings. The summed E-state index contributed by atoms with van der Waals surface area (Å²) in [6.45, 7) is 5.97. The number of benzene rings is 1. The van der Waals surface area contributed by atoms with Gasteiger partial charge in [-0.05, 0) is 31.4 Å². The van der Waals surface area contributed by atoms with E-state index in [1.807, 2.05) is 49.6 Å². The van der Waals surface area contributed by atoms with Crippen LogP contribution < -0.4 is 5.32 Å². The summed E-state index contributed by atoms with van der Waals surface area (Å²) in [7, 11) is 1.33. The van der Waals surface area contributed by atoms with E-state index in [9.17, 15) is 9.59 Å². The van der Waals surface area contributed by atoms with Crippen LogP contribution in [-0.4, -0.2) is 34.6 Å². The molecule has 0 aliphatic heterocycles. The summed E-state index contributed by atoms with van der Waals surface area (Å²) >= 11 is 0. The first-order chi connectivity index (χ1) is 10.9. The van der Waals surface area contributed by atoms with Gasteiger partial charge in [0.25, 0.3) is 0 Å². The minimum atomic E-state index is -0.623. The topological polar surface area (TPSA) is 73.2 Å². The molecule has 0 saturated heterocycles. The Kier molecular flexibility index (Phi) is 5.36. The van der Waals surface area contributed by atoms with Gasteiger partial charge in [-0.25, -0.2) is 9.78 Å². The number of aryl methyl sites for hydroxylation is 1. The lowest BCUT2D eigenvalue weighted by molar-refractivity contribution is -0.145. The van der Waals surface area contributed by atoms with Crippen LogP contribution in [0.15, 0.2) is 24.3 Å². The van der Waals surface area contributed by atoms with Crippen LogP contribution >= 0.6 is 0 Å². The van der Waals surface area contributed by atoms with E-state index in [0.29, 0.717) is 6.42 Å². The molecule has 0 aliphatic carbocycles. The number of amides is 1. The van der Waals surface area contributed by atoms with Crippen LogP contribution in [0.25, 0.3) is 11.0 Å². The maximum Gasteiger partial charge on any atom is 0.328 e.